The van der Waals surface area contributed by atoms with Crippen molar-refractivity contribution >= 4 is 5.82 Å². The first-order chi connectivity index (χ1) is 8.30. The number of aryl methyl sites for hydroxylation is 1. The third-order valence-electron chi connectivity index (χ3n) is 2.83. The number of halogens is 3. The lowest BCUT2D eigenvalue weighted by Crippen LogP contribution is -2.04. The van der Waals surface area contributed by atoms with E-state index in [1.807, 2.05) is 0 Å². The Kier molecular flexibility index (Phi) is 2.80. The van der Waals surface area contributed by atoms with Crippen LogP contribution in [0.15, 0.2) is 24.3 Å². The van der Waals surface area contributed by atoms with E-state index >= 15 is 0 Å². The molecule has 0 aliphatic carbocycles. The lowest BCUT2D eigenvalue weighted by molar-refractivity contribution is -0.137. The van der Waals surface area contributed by atoms with Gasteiger partial charge < -0.3 is 10.3 Å². The number of benzene rings is 1. The molecular formula is C12H12F3N3. The quantitative estimate of drug-likeness (QED) is 0.851. The van der Waals surface area contributed by atoms with Crippen LogP contribution in [0.5, 0.6) is 0 Å². The maximum atomic E-state index is 12.6. The Morgan fingerprint density at radius 2 is 1.94 bits per heavy atom. The number of hydrogen-bond acceptors (Lipinski definition) is 2. The topological polar surface area (TPSA) is 43.8 Å². The number of alkyl halides is 3. The Morgan fingerprint density at radius 3 is 2.44 bits per heavy atom. The van der Waals surface area contributed by atoms with E-state index < -0.39 is 11.7 Å². The average Bonchev–Trinajstić information content (AvgIpc) is 2.56. The molecule has 0 saturated carbocycles. The smallest absolute Gasteiger partial charge is 0.383 e. The van der Waals surface area contributed by atoms with Crippen LogP contribution in [0, 0.1) is 6.92 Å². The number of hydrogen-bond donors (Lipinski definition) is 1. The largest absolute Gasteiger partial charge is 0.416 e. The molecule has 18 heavy (non-hydrogen) atoms. The third kappa shape index (κ3) is 2.05. The summed E-state index contributed by atoms with van der Waals surface area (Å²) >= 11 is 0. The average molecular weight is 255 g/mol. The number of imidazole rings is 1. The minimum absolute atomic E-state index is 0.354. The highest BCUT2D eigenvalue weighted by Gasteiger charge is 2.30. The van der Waals surface area contributed by atoms with E-state index in [0.717, 1.165) is 12.1 Å². The second-order valence-corrected chi connectivity index (χ2v) is 4.03. The molecule has 3 nitrogen and oxygen atoms in total. The van der Waals surface area contributed by atoms with E-state index in [-0.39, 0.29) is 0 Å². The predicted octanol–water partition coefficient (Wildman–Crippen LogP) is 3.00. The van der Waals surface area contributed by atoms with Crippen LogP contribution in [-0.2, 0) is 13.2 Å². The fourth-order valence-corrected chi connectivity index (χ4v) is 1.68. The monoisotopic (exact) mass is 255 g/mol. The maximum Gasteiger partial charge on any atom is 0.416 e. The molecule has 2 N–H and O–H groups in total. The highest BCUT2D eigenvalue weighted by Crippen LogP contribution is 2.33. The normalized spacial score (nSPS) is 11.8. The van der Waals surface area contributed by atoms with Gasteiger partial charge in [0.05, 0.1) is 5.56 Å². The van der Waals surface area contributed by atoms with Crippen molar-refractivity contribution in [2.24, 2.45) is 7.05 Å². The van der Waals surface area contributed by atoms with E-state index in [0.29, 0.717) is 22.9 Å². The summed E-state index contributed by atoms with van der Waals surface area (Å²) in [6, 6.07) is 4.99. The van der Waals surface area contributed by atoms with Crippen molar-refractivity contribution in [2.45, 2.75) is 13.1 Å². The summed E-state index contributed by atoms with van der Waals surface area (Å²) in [5.41, 5.74) is 5.85. The van der Waals surface area contributed by atoms with E-state index in [1.165, 1.54) is 6.07 Å². The Morgan fingerprint density at radius 1 is 1.28 bits per heavy atom. The van der Waals surface area contributed by atoms with Gasteiger partial charge in [0.1, 0.15) is 17.3 Å². The summed E-state index contributed by atoms with van der Waals surface area (Å²) in [6.07, 6.45) is -4.37. The molecule has 0 atom stereocenters. The minimum atomic E-state index is -4.37. The van der Waals surface area contributed by atoms with E-state index in [1.54, 1.807) is 24.6 Å². The zero-order chi connectivity index (χ0) is 13.5. The summed E-state index contributed by atoms with van der Waals surface area (Å²) < 4.78 is 39.5. The lowest BCUT2D eigenvalue weighted by atomic mass is 10.1. The summed E-state index contributed by atoms with van der Waals surface area (Å²) in [6.45, 7) is 1.74. The molecule has 0 amide bonds. The maximum absolute atomic E-state index is 12.6. The summed E-state index contributed by atoms with van der Waals surface area (Å²) in [5, 5.41) is 0. The second-order valence-electron chi connectivity index (χ2n) is 4.03. The van der Waals surface area contributed by atoms with Gasteiger partial charge in [0.25, 0.3) is 0 Å². The van der Waals surface area contributed by atoms with Crippen molar-refractivity contribution in [3.8, 4) is 11.3 Å². The fourth-order valence-electron chi connectivity index (χ4n) is 1.68. The molecule has 0 spiro atoms. The molecule has 1 aromatic carbocycles. The van der Waals surface area contributed by atoms with Gasteiger partial charge >= 0.3 is 6.18 Å². The van der Waals surface area contributed by atoms with Gasteiger partial charge in [-0.25, -0.2) is 4.98 Å². The molecule has 2 aromatic rings. The van der Waals surface area contributed by atoms with E-state index in [9.17, 15) is 13.2 Å². The van der Waals surface area contributed by atoms with Gasteiger partial charge in [-0.1, -0.05) is 12.1 Å². The van der Waals surface area contributed by atoms with Crippen molar-refractivity contribution < 1.29 is 13.2 Å². The van der Waals surface area contributed by atoms with Gasteiger partial charge in [0.2, 0.25) is 0 Å². The number of anilines is 1. The number of nitrogens with two attached hydrogens (primary N) is 1. The van der Waals surface area contributed by atoms with E-state index in [4.69, 9.17) is 5.73 Å². The van der Waals surface area contributed by atoms with E-state index in [2.05, 4.69) is 4.98 Å². The lowest BCUT2D eigenvalue weighted by Gasteiger charge is -2.08. The van der Waals surface area contributed by atoms with Crippen LogP contribution in [0.4, 0.5) is 19.0 Å². The number of nitrogens with zero attached hydrogens (tertiary/aromatic N) is 2. The van der Waals surface area contributed by atoms with Crippen LogP contribution >= 0.6 is 0 Å². The van der Waals surface area contributed by atoms with Crippen molar-refractivity contribution in [3.05, 3.63) is 35.7 Å². The molecule has 0 saturated heterocycles. The number of nitrogen functional groups attached to an aromatic ring is 1. The van der Waals surface area contributed by atoms with Crippen molar-refractivity contribution in [1.82, 2.24) is 9.55 Å². The van der Waals surface area contributed by atoms with Crippen molar-refractivity contribution in [1.29, 1.82) is 0 Å². The molecular weight excluding hydrogens is 243 g/mol. The van der Waals surface area contributed by atoms with Crippen LogP contribution < -0.4 is 5.73 Å². The highest BCUT2D eigenvalue weighted by molar-refractivity contribution is 5.71. The molecule has 2 rings (SSSR count). The van der Waals surface area contributed by atoms with Crippen LogP contribution in [0.25, 0.3) is 11.3 Å². The fraction of sp³-hybridized carbons (Fsp3) is 0.250. The summed E-state index contributed by atoms with van der Waals surface area (Å²) in [7, 11) is 1.72. The Hall–Kier alpha value is -1.98. The first-order valence-electron chi connectivity index (χ1n) is 5.27. The Labute approximate surface area is 102 Å². The number of rotatable bonds is 1. The first-order valence-corrected chi connectivity index (χ1v) is 5.27. The van der Waals surface area contributed by atoms with Crippen molar-refractivity contribution in [2.75, 3.05) is 5.73 Å². The molecule has 0 unspecified atom stereocenters. The first kappa shape index (κ1) is 12.5. The summed E-state index contributed by atoms with van der Waals surface area (Å²) in [4.78, 5) is 4.17. The van der Waals surface area contributed by atoms with Crippen molar-refractivity contribution in [3.63, 3.8) is 0 Å². The summed E-state index contributed by atoms with van der Waals surface area (Å²) in [5.74, 6) is 1.01. The van der Waals surface area contributed by atoms with Crippen LogP contribution in [-0.4, -0.2) is 9.55 Å². The molecule has 0 bridgehead atoms. The standard InChI is InChI=1S/C12H12F3N3/c1-7-17-10(11(16)18(7)2)8-4-3-5-9(6-8)12(13,14)15/h3-6H,16H2,1-2H3. The minimum Gasteiger partial charge on any atom is -0.383 e. The zero-order valence-corrected chi connectivity index (χ0v) is 9.92. The molecule has 0 aliphatic heterocycles. The van der Waals surface area contributed by atoms with Gasteiger partial charge in [-0.15, -0.1) is 0 Å². The number of aromatic nitrogens is 2. The molecule has 6 heteroatoms. The Bertz CT molecular complexity index is 585. The Balaban J connectivity index is 2.55. The van der Waals surface area contributed by atoms with Gasteiger partial charge in [-0.3, -0.25) is 0 Å². The second kappa shape index (κ2) is 4.04. The SMILES string of the molecule is Cc1nc(-c2cccc(C(F)(F)F)c2)c(N)n1C. The molecule has 1 aromatic heterocycles. The molecule has 0 aliphatic rings. The van der Waals surface area contributed by atoms with Crippen LogP contribution in [0.3, 0.4) is 0 Å². The molecule has 0 radical (unpaired) electrons. The zero-order valence-electron chi connectivity index (χ0n) is 9.92. The molecule has 1 heterocycles. The van der Waals surface area contributed by atoms with Crippen LogP contribution in [0.2, 0.25) is 0 Å². The third-order valence-corrected chi connectivity index (χ3v) is 2.83. The predicted molar refractivity (Wildman–Crippen MR) is 62.8 cm³/mol. The van der Waals surface area contributed by atoms with Gasteiger partial charge in [-0.2, -0.15) is 13.2 Å². The molecule has 0 fully saturated rings. The van der Waals surface area contributed by atoms with Gasteiger partial charge in [0, 0.05) is 12.6 Å². The molecule has 96 valence electrons. The van der Waals surface area contributed by atoms with Crippen LogP contribution in [0.1, 0.15) is 11.4 Å². The highest BCUT2D eigenvalue weighted by atomic mass is 19.4. The van der Waals surface area contributed by atoms with Gasteiger partial charge in [0.15, 0.2) is 0 Å². The van der Waals surface area contributed by atoms with Gasteiger partial charge in [-0.05, 0) is 19.1 Å².